The molecule has 0 saturated carbocycles. The minimum absolute atomic E-state index is 0.0458. The normalized spacial score (nSPS) is 18.8. The molecule has 4 nitrogen and oxygen atoms in total. The summed E-state index contributed by atoms with van der Waals surface area (Å²) >= 11 is 1.59. The highest BCUT2D eigenvalue weighted by atomic mass is 32.2. The Morgan fingerprint density at radius 2 is 2.10 bits per heavy atom. The van der Waals surface area contributed by atoms with Crippen LogP contribution in [0.1, 0.15) is 18.1 Å². The van der Waals surface area contributed by atoms with Gasteiger partial charge in [-0.2, -0.15) is 0 Å². The molecule has 1 heterocycles. The van der Waals surface area contributed by atoms with Crippen molar-refractivity contribution in [1.29, 1.82) is 0 Å². The Hall–Kier alpha value is -1.49. The van der Waals surface area contributed by atoms with E-state index < -0.39 is 0 Å². The van der Waals surface area contributed by atoms with Gasteiger partial charge < -0.3 is 10.2 Å². The van der Waals surface area contributed by atoms with Crippen molar-refractivity contribution in [3.63, 3.8) is 0 Å². The number of aryl methyl sites for hydroxylation is 1. The van der Waals surface area contributed by atoms with Crippen LogP contribution in [0.25, 0.3) is 0 Å². The molecule has 1 atom stereocenters. The van der Waals surface area contributed by atoms with Crippen molar-refractivity contribution in [1.82, 2.24) is 10.2 Å². The van der Waals surface area contributed by atoms with Gasteiger partial charge >= 0.3 is 0 Å². The van der Waals surface area contributed by atoms with E-state index in [1.165, 1.54) is 11.1 Å². The molecule has 0 spiro atoms. The molecule has 0 radical (unpaired) electrons. The minimum Gasteiger partial charge on any atom is -0.353 e. The first-order valence-electron chi connectivity index (χ1n) is 6.78. The largest absolute Gasteiger partial charge is 0.353 e. The summed E-state index contributed by atoms with van der Waals surface area (Å²) in [7, 11) is 0. The maximum atomic E-state index is 12.1. The van der Waals surface area contributed by atoms with E-state index in [-0.39, 0.29) is 17.9 Å². The number of hydrogen-bond donors (Lipinski definition) is 1. The van der Waals surface area contributed by atoms with Crippen molar-refractivity contribution in [2.75, 3.05) is 18.8 Å². The third-order valence-electron chi connectivity index (χ3n) is 3.43. The second-order valence-electron chi connectivity index (χ2n) is 5.03. The Morgan fingerprint density at radius 1 is 1.40 bits per heavy atom. The van der Waals surface area contributed by atoms with Gasteiger partial charge in [0.15, 0.2) is 0 Å². The minimum atomic E-state index is -0.351. The molecule has 1 N–H and O–H groups in total. The third kappa shape index (κ3) is 3.76. The lowest BCUT2D eigenvalue weighted by molar-refractivity contribution is -0.140. The molecule has 1 aliphatic rings. The number of benzene rings is 1. The monoisotopic (exact) mass is 292 g/mol. The van der Waals surface area contributed by atoms with Gasteiger partial charge in [-0.25, -0.2) is 0 Å². The molecule has 1 aromatic rings. The first-order valence-corrected chi connectivity index (χ1v) is 7.94. The van der Waals surface area contributed by atoms with Gasteiger partial charge in [-0.05, 0) is 19.4 Å². The molecule has 108 valence electrons. The molecule has 0 aromatic heterocycles. The summed E-state index contributed by atoms with van der Waals surface area (Å²) in [5.74, 6) is 1.23. The molecule has 2 amide bonds. The van der Waals surface area contributed by atoms with E-state index in [0.29, 0.717) is 18.8 Å². The van der Waals surface area contributed by atoms with Crippen LogP contribution in [-0.2, 0) is 15.3 Å². The molecule has 1 aromatic carbocycles. The molecule has 0 aliphatic carbocycles. The fraction of sp³-hybridized carbons (Fsp3) is 0.467. The number of nitrogens with one attached hydrogen (secondary N) is 1. The zero-order chi connectivity index (χ0) is 14.5. The van der Waals surface area contributed by atoms with E-state index in [1.807, 2.05) is 0 Å². The maximum absolute atomic E-state index is 12.1. The van der Waals surface area contributed by atoms with Crippen LogP contribution in [0.2, 0.25) is 0 Å². The van der Waals surface area contributed by atoms with Crippen LogP contribution in [-0.4, -0.2) is 41.6 Å². The summed E-state index contributed by atoms with van der Waals surface area (Å²) in [4.78, 5) is 25.3. The molecule has 1 fully saturated rings. The third-order valence-corrected chi connectivity index (χ3v) is 4.42. The van der Waals surface area contributed by atoms with E-state index >= 15 is 0 Å². The average molecular weight is 292 g/mol. The summed E-state index contributed by atoms with van der Waals surface area (Å²) < 4.78 is 0. The van der Waals surface area contributed by atoms with Gasteiger partial charge in [0.05, 0.1) is 5.75 Å². The number of carbonyl (C=O) groups excluding carboxylic acids is 2. The summed E-state index contributed by atoms with van der Waals surface area (Å²) in [5, 5.41) is 2.76. The van der Waals surface area contributed by atoms with Crippen LogP contribution < -0.4 is 5.32 Å². The van der Waals surface area contributed by atoms with Gasteiger partial charge in [-0.15, -0.1) is 11.8 Å². The van der Waals surface area contributed by atoms with Crippen molar-refractivity contribution in [3.8, 4) is 0 Å². The van der Waals surface area contributed by atoms with Gasteiger partial charge in [0, 0.05) is 18.8 Å². The molecule has 20 heavy (non-hydrogen) atoms. The van der Waals surface area contributed by atoms with Crippen LogP contribution in [0.15, 0.2) is 24.3 Å². The van der Waals surface area contributed by atoms with Gasteiger partial charge in [0.25, 0.3) is 0 Å². The van der Waals surface area contributed by atoms with Crippen LogP contribution in [0, 0.1) is 6.92 Å². The van der Waals surface area contributed by atoms with E-state index in [2.05, 4.69) is 36.5 Å². The summed E-state index contributed by atoms with van der Waals surface area (Å²) in [6.07, 6.45) is 0. The Labute approximate surface area is 123 Å². The van der Waals surface area contributed by atoms with Crippen molar-refractivity contribution in [2.45, 2.75) is 25.6 Å². The lowest BCUT2D eigenvalue weighted by atomic mass is 10.2. The molecule has 1 unspecified atom stereocenters. The van der Waals surface area contributed by atoms with Crippen molar-refractivity contribution >= 4 is 23.6 Å². The molecule has 2 rings (SSSR count). The Bertz CT molecular complexity index is 487. The van der Waals surface area contributed by atoms with E-state index in [4.69, 9.17) is 0 Å². The maximum Gasteiger partial charge on any atom is 0.242 e. The molecule has 1 aliphatic heterocycles. The van der Waals surface area contributed by atoms with Crippen LogP contribution in [0.5, 0.6) is 0 Å². The highest BCUT2D eigenvalue weighted by Crippen LogP contribution is 2.15. The Morgan fingerprint density at radius 3 is 2.80 bits per heavy atom. The van der Waals surface area contributed by atoms with E-state index in [9.17, 15) is 9.59 Å². The van der Waals surface area contributed by atoms with Gasteiger partial charge in [-0.3, -0.25) is 9.59 Å². The fourth-order valence-electron chi connectivity index (χ4n) is 2.15. The number of carbonyl (C=O) groups is 2. The summed E-state index contributed by atoms with van der Waals surface area (Å²) in [6.45, 7) is 4.99. The SMILES string of the molecule is Cc1ccc(CSCC(=O)N2CCNC(=O)C2C)cc1. The average Bonchev–Trinajstić information content (AvgIpc) is 2.44. The van der Waals surface area contributed by atoms with Crippen LogP contribution in [0.3, 0.4) is 0 Å². The summed E-state index contributed by atoms with van der Waals surface area (Å²) in [6, 6.07) is 7.98. The quantitative estimate of drug-likeness (QED) is 0.916. The van der Waals surface area contributed by atoms with Crippen molar-refractivity contribution < 1.29 is 9.59 Å². The number of amides is 2. The lowest BCUT2D eigenvalue weighted by Crippen LogP contribution is -2.56. The topological polar surface area (TPSA) is 49.4 Å². The van der Waals surface area contributed by atoms with E-state index in [1.54, 1.807) is 23.6 Å². The fourth-order valence-corrected chi connectivity index (χ4v) is 3.02. The molecular weight excluding hydrogens is 272 g/mol. The smallest absolute Gasteiger partial charge is 0.242 e. The standard InChI is InChI=1S/C15H20N2O2S/c1-11-3-5-13(6-4-11)9-20-10-14(18)17-8-7-16-15(19)12(17)2/h3-6,12H,7-10H2,1-2H3,(H,16,19). The van der Waals surface area contributed by atoms with Gasteiger partial charge in [-0.1, -0.05) is 29.8 Å². The van der Waals surface area contributed by atoms with Crippen LogP contribution >= 0.6 is 11.8 Å². The number of hydrogen-bond acceptors (Lipinski definition) is 3. The zero-order valence-electron chi connectivity index (χ0n) is 11.9. The van der Waals surface area contributed by atoms with Gasteiger partial charge in [0.2, 0.25) is 11.8 Å². The highest BCUT2D eigenvalue weighted by molar-refractivity contribution is 7.99. The molecule has 5 heteroatoms. The lowest BCUT2D eigenvalue weighted by Gasteiger charge is -2.32. The van der Waals surface area contributed by atoms with Gasteiger partial charge in [0.1, 0.15) is 6.04 Å². The number of rotatable bonds is 4. The first-order chi connectivity index (χ1) is 9.58. The Kier molecular flexibility index (Phi) is 5.06. The molecule has 0 bridgehead atoms. The summed E-state index contributed by atoms with van der Waals surface area (Å²) in [5.41, 5.74) is 2.46. The second-order valence-corrected chi connectivity index (χ2v) is 6.02. The van der Waals surface area contributed by atoms with Crippen molar-refractivity contribution in [3.05, 3.63) is 35.4 Å². The first kappa shape index (κ1) is 14.9. The number of thioether (sulfide) groups is 1. The molecular formula is C15H20N2O2S. The number of piperazine rings is 1. The van der Waals surface area contributed by atoms with E-state index in [0.717, 1.165) is 5.75 Å². The molecule has 1 saturated heterocycles. The predicted octanol–water partition coefficient (Wildman–Crippen LogP) is 1.58. The Balaban J connectivity index is 1.80. The predicted molar refractivity (Wildman–Crippen MR) is 81.5 cm³/mol. The van der Waals surface area contributed by atoms with Crippen LogP contribution in [0.4, 0.5) is 0 Å². The zero-order valence-corrected chi connectivity index (χ0v) is 12.7. The van der Waals surface area contributed by atoms with Crippen molar-refractivity contribution in [2.24, 2.45) is 0 Å². The second kappa shape index (κ2) is 6.79. The highest BCUT2D eigenvalue weighted by Gasteiger charge is 2.28. The number of nitrogens with zero attached hydrogens (tertiary/aromatic N) is 1.